The Balaban J connectivity index is 0.000000145. The number of hydrogen-bond donors (Lipinski definition) is 0. The van der Waals surface area contributed by atoms with Gasteiger partial charge in [0, 0.05) is 88.2 Å². The van der Waals surface area contributed by atoms with E-state index in [1.54, 1.807) is 0 Å². The van der Waals surface area contributed by atoms with Gasteiger partial charge in [0.05, 0.1) is 66.9 Å². The van der Waals surface area contributed by atoms with E-state index in [9.17, 15) is 0 Å². The van der Waals surface area contributed by atoms with Gasteiger partial charge in [-0.1, -0.05) is 382 Å². The van der Waals surface area contributed by atoms with Gasteiger partial charge in [0.2, 0.25) is 0 Å². The number of rotatable bonds is 14. The standard InChI is InChI=1S/2C58H37N5/c1-4-15-38(16-5-1)44-19-14-20-45(37-44)57-60-51-26-13-11-24-49(51)54(61-57)41-31-27-39(28-32-41)40-29-33-42(34-30-40)55-53-48(47-23-10-12-25-50(47)59-55)35-36-52-56(53)62-58(43-17-6-2-7-18-43)63(52)46-21-8-3-9-22-46;1-4-14-38(15-5-1)39-28-34-44(35-29-39)57-60-51-23-13-11-21-49(51)54(61-57)42-30-24-40(25-31-42)41-26-32-43(33-27-41)55-53-48(47-20-10-12-22-50(47)59-55)36-37-52-56(53)62-58(45-16-6-2-7-17-45)63(52)46-18-8-3-9-19-46/h2*1-37H. The highest BCUT2D eigenvalue weighted by molar-refractivity contribution is 6.22. The molecule has 24 rings (SSSR count). The Morgan fingerprint density at radius 3 is 0.802 bits per heavy atom. The molecule has 0 bridgehead atoms. The van der Waals surface area contributed by atoms with Crippen LogP contribution < -0.4 is 0 Å². The van der Waals surface area contributed by atoms with Gasteiger partial charge >= 0.3 is 0 Å². The van der Waals surface area contributed by atoms with Gasteiger partial charge in [-0.25, -0.2) is 39.9 Å². The van der Waals surface area contributed by atoms with Crippen LogP contribution in [0.3, 0.4) is 0 Å². The molecule has 0 fully saturated rings. The first-order valence-corrected chi connectivity index (χ1v) is 42.4. The van der Waals surface area contributed by atoms with Crippen molar-refractivity contribution in [2.45, 2.75) is 0 Å². The molecule has 0 saturated heterocycles. The fraction of sp³-hybridized carbons (Fsp3) is 0. The van der Waals surface area contributed by atoms with Crippen LogP contribution in [0.2, 0.25) is 0 Å². The first-order valence-electron chi connectivity index (χ1n) is 42.4. The number of aromatic nitrogens is 10. The number of para-hydroxylation sites is 6. The molecule has 24 aromatic rings. The van der Waals surface area contributed by atoms with Gasteiger partial charge < -0.3 is 0 Å². The summed E-state index contributed by atoms with van der Waals surface area (Å²) in [4.78, 5) is 42.0. The summed E-state index contributed by atoms with van der Waals surface area (Å²) in [5, 5.41) is 8.59. The van der Waals surface area contributed by atoms with Crippen LogP contribution in [0.4, 0.5) is 0 Å². The Morgan fingerprint density at radius 2 is 0.421 bits per heavy atom. The molecule has 126 heavy (non-hydrogen) atoms. The summed E-state index contributed by atoms with van der Waals surface area (Å²) in [6, 6.07) is 157. The number of benzene rings is 18. The molecule has 6 aromatic heterocycles. The Bertz CT molecular complexity index is 8240. The topological polar surface area (TPSA) is 113 Å². The highest BCUT2D eigenvalue weighted by Gasteiger charge is 2.25. The Morgan fingerprint density at radius 1 is 0.151 bits per heavy atom. The van der Waals surface area contributed by atoms with E-state index in [0.29, 0.717) is 11.6 Å². The number of pyridine rings is 2. The first kappa shape index (κ1) is 74.0. The zero-order valence-corrected chi connectivity index (χ0v) is 68.2. The molecule has 10 nitrogen and oxygen atoms in total. The van der Waals surface area contributed by atoms with Crippen LogP contribution in [0.15, 0.2) is 449 Å². The third kappa shape index (κ3) is 13.6. The SMILES string of the molecule is c1ccc(-c2ccc(-c3nc(-c4ccc(-c5ccc(-c6nc7ccccc7c7ccc8c(nc(-c9ccccc9)n8-c8ccccc8)c67)cc5)cc4)c4ccccc4n3)cc2)cc1.c1ccc(-c2cccc(-c3nc(-c4ccc(-c5ccc(-c6nc7ccccc7c7ccc8c(nc(-c9ccccc9)n8-c8ccccc8)c67)cc5)cc4)c4ccccc4n3)c2)cc1. The maximum atomic E-state index is 5.45. The van der Waals surface area contributed by atoms with Crippen molar-refractivity contribution < 1.29 is 0 Å². The number of imidazole rings is 2. The van der Waals surface area contributed by atoms with Crippen LogP contribution in [0.1, 0.15) is 0 Å². The summed E-state index contributed by atoms with van der Waals surface area (Å²) in [7, 11) is 0. The number of hydrogen-bond acceptors (Lipinski definition) is 8. The molecular weight excluding hydrogens is 1530 g/mol. The lowest BCUT2D eigenvalue weighted by atomic mass is 9.96. The Hall–Kier alpha value is -17.1. The van der Waals surface area contributed by atoms with Crippen molar-refractivity contribution in [3.8, 4) is 146 Å². The van der Waals surface area contributed by atoms with Crippen LogP contribution in [0.5, 0.6) is 0 Å². The quantitative estimate of drug-likeness (QED) is 0.0990. The summed E-state index contributed by atoms with van der Waals surface area (Å²) < 4.78 is 4.54. The van der Waals surface area contributed by atoms with Crippen LogP contribution in [0, 0.1) is 0 Å². The van der Waals surface area contributed by atoms with Gasteiger partial charge in [0.1, 0.15) is 11.6 Å². The average molecular weight is 1610 g/mol. The second-order valence-corrected chi connectivity index (χ2v) is 31.6. The number of nitrogens with zero attached hydrogens (tertiary/aromatic N) is 10. The predicted octanol–water partition coefficient (Wildman–Crippen LogP) is 29.3. The van der Waals surface area contributed by atoms with Crippen molar-refractivity contribution in [1.82, 2.24) is 49.0 Å². The molecule has 0 saturated carbocycles. The zero-order valence-electron chi connectivity index (χ0n) is 68.2. The van der Waals surface area contributed by atoms with E-state index in [-0.39, 0.29) is 0 Å². The van der Waals surface area contributed by atoms with E-state index < -0.39 is 0 Å². The van der Waals surface area contributed by atoms with Crippen molar-refractivity contribution >= 4 is 87.2 Å². The average Bonchev–Trinajstić information content (AvgIpc) is 1.58. The van der Waals surface area contributed by atoms with Gasteiger partial charge in [-0.3, -0.25) is 9.13 Å². The maximum absolute atomic E-state index is 5.45. The van der Waals surface area contributed by atoms with Gasteiger partial charge in [0.25, 0.3) is 0 Å². The monoisotopic (exact) mass is 1610 g/mol. The van der Waals surface area contributed by atoms with Gasteiger partial charge in [-0.2, -0.15) is 0 Å². The van der Waals surface area contributed by atoms with Crippen molar-refractivity contribution in [2.24, 2.45) is 0 Å². The molecule has 0 radical (unpaired) electrons. The molecule has 0 aliphatic heterocycles. The fourth-order valence-corrected chi connectivity index (χ4v) is 17.9. The van der Waals surface area contributed by atoms with E-state index >= 15 is 0 Å². The third-order valence-electron chi connectivity index (χ3n) is 24.1. The first-order chi connectivity index (χ1) is 62.5. The summed E-state index contributed by atoms with van der Waals surface area (Å²) >= 11 is 0. The molecule has 0 aliphatic rings. The molecule has 18 aromatic carbocycles. The molecule has 0 unspecified atom stereocenters. The van der Waals surface area contributed by atoms with E-state index in [4.69, 9.17) is 39.9 Å². The second kappa shape index (κ2) is 31.8. The zero-order chi connectivity index (χ0) is 83.4. The van der Waals surface area contributed by atoms with E-state index in [2.05, 4.69) is 422 Å². The van der Waals surface area contributed by atoms with E-state index in [0.717, 1.165) is 216 Å². The molecule has 6 heterocycles. The highest BCUT2D eigenvalue weighted by atomic mass is 15.1. The maximum Gasteiger partial charge on any atom is 0.160 e. The van der Waals surface area contributed by atoms with Crippen molar-refractivity contribution in [3.05, 3.63) is 449 Å². The lowest BCUT2D eigenvalue weighted by molar-refractivity contribution is 1.10. The Kier molecular flexibility index (Phi) is 18.7. The van der Waals surface area contributed by atoms with Crippen molar-refractivity contribution in [2.75, 3.05) is 0 Å². The summed E-state index contributed by atoms with van der Waals surface area (Å²) in [6.45, 7) is 0. The molecule has 0 aliphatic carbocycles. The van der Waals surface area contributed by atoms with Crippen molar-refractivity contribution in [3.63, 3.8) is 0 Å². The van der Waals surface area contributed by atoms with Crippen molar-refractivity contribution in [1.29, 1.82) is 0 Å². The number of fused-ring (bicyclic) bond motifs is 12. The molecule has 0 amide bonds. The summed E-state index contributed by atoms with van der Waals surface area (Å²) in [5.41, 5.74) is 30.7. The predicted molar refractivity (Wildman–Crippen MR) is 519 cm³/mol. The minimum atomic E-state index is 0.705. The summed E-state index contributed by atoms with van der Waals surface area (Å²) in [5.74, 6) is 3.20. The van der Waals surface area contributed by atoms with Crippen LogP contribution in [-0.2, 0) is 0 Å². The molecule has 0 spiro atoms. The molecule has 10 heteroatoms. The fourth-order valence-electron chi connectivity index (χ4n) is 17.9. The molecular formula is C116H74N10. The van der Waals surface area contributed by atoms with Gasteiger partial charge in [-0.15, -0.1) is 0 Å². The van der Waals surface area contributed by atoms with E-state index in [1.807, 2.05) is 36.4 Å². The smallest absolute Gasteiger partial charge is 0.160 e. The second-order valence-electron chi connectivity index (χ2n) is 31.6. The molecule has 0 atom stereocenters. The minimum Gasteiger partial charge on any atom is -0.292 e. The lowest BCUT2D eigenvalue weighted by Crippen LogP contribution is -1.97. The van der Waals surface area contributed by atoms with Crippen LogP contribution >= 0.6 is 0 Å². The highest BCUT2D eigenvalue weighted by Crippen LogP contribution is 2.45. The van der Waals surface area contributed by atoms with Crippen LogP contribution in [0.25, 0.3) is 234 Å². The largest absolute Gasteiger partial charge is 0.292 e. The third-order valence-corrected chi connectivity index (χ3v) is 24.1. The van der Waals surface area contributed by atoms with Gasteiger partial charge in [-0.05, 0) is 122 Å². The summed E-state index contributed by atoms with van der Waals surface area (Å²) in [6.07, 6.45) is 0. The van der Waals surface area contributed by atoms with E-state index in [1.165, 1.54) is 5.56 Å². The Labute approximate surface area is 726 Å². The molecule has 0 N–H and O–H groups in total. The van der Waals surface area contributed by atoms with Crippen LogP contribution in [-0.4, -0.2) is 49.0 Å². The lowest BCUT2D eigenvalue weighted by Gasteiger charge is -2.13. The van der Waals surface area contributed by atoms with Gasteiger partial charge in [0.15, 0.2) is 11.6 Å². The molecule has 588 valence electrons. The minimum absolute atomic E-state index is 0.705. The normalized spacial score (nSPS) is 11.5.